The second-order valence-electron chi connectivity index (χ2n) is 7.99. The van der Waals surface area contributed by atoms with Gasteiger partial charge in [-0.3, -0.25) is 0 Å². The predicted octanol–water partition coefficient (Wildman–Crippen LogP) is 3.73. The van der Waals surface area contributed by atoms with Gasteiger partial charge in [0.1, 0.15) is 5.69 Å². The maximum atomic E-state index is 12.6. The van der Waals surface area contributed by atoms with Crippen LogP contribution < -0.4 is 4.57 Å². The molecule has 0 aliphatic carbocycles. The number of hydrogen-bond donors (Lipinski definition) is 0. The lowest BCUT2D eigenvalue weighted by Gasteiger charge is -2.01. The van der Waals surface area contributed by atoms with Crippen LogP contribution in [-0.4, -0.2) is 34.2 Å². The summed E-state index contributed by atoms with van der Waals surface area (Å²) in [5.41, 5.74) is 3.83. The van der Waals surface area contributed by atoms with E-state index in [2.05, 4.69) is 4.99 Å². The fraction of sp³-hybridized carbons (Fsp3) is 0.107. The van der Waals surface area contributed by atoms with E-state index in [4.69, 9.17) is 14.6 Å². The van der Waals surface area contributed by atoms with Gasteiger partial charge in [-0.15, -0.1) is 0 Å². The molecule has 0 fully saturated rings. The van der Waals surface area contributed by atoms with Crippen LogP contribution in [0.3, 0.4) is 0 Å². The van der Waals surface area contributed by atoms with Gasteiger partial charge in [-0.2, -0.15) is 9.67 Å². The Hall–Kier alpha value is -4.85. The quantitative estimate of drug-likeness (QED) is 0.229. The SMILES string of the molecule is CCOC(=O)C[n+]1cccc(-c2nn(-c3ccccc3)cc2/C=C2\N=C(c3ccccc3)OC2=O)c1. The van der Waals surface area contributed by atoms with Crippen molar-refractivity contribution in [3.05, 3.63) is 108 Å². The molecule has 1 aliphatic rings. The highest BCUT2D eigenvalue weighted by Gasteiger charge is 2.25. The molecule has 0 spiro atoms. The van der Waals surface area contributed by atoms with E-state index in [-0.39, 0.29) is 24.1 Å². The number of para-hydroxylation sites is 1. The Morgan fingerprint density at radius 2 is 1.75 bits per heavy atom. The van der Waals surface area contributed by atoms with Crippen LogP contribution in [0.25, 0.3) is 23.0 Å². The first-order valence-corrected chi connectivity index (χ1v) is 11.5. The first kappa shape index (κ1) is 22.9. The van der Waals surface area contributed by atoms with E-state index in [1.807, 2.05) is 85.2 Å². The third-order valence-electron chi connectivity index (χ3n) is 5.45. The molecular weight excluding hydrogens is 456 g/mol. The smallest absolute Gasteiger partial charge is 0.372 e. The third kappa shape index (κ3) is 4.97. The molecule has 0 unspecified atom stereocenters. The third-order valence-corrected chi connectivity index (χ3v) is 5.45. The second-order valence-corrected chi connectivity index (χ2v) is 7.99. The molecule has 1 aliphatic heterocycles. The minimum Gasteiger partial charge on any atom is -0.461 e. The van der Waals surface area contributed by atoms with Crippen molar-refractivity contribution in [2.75, 3.05) is 6.61 Å². The molecular formula is C28H23N4O4+. The largest absolute Gasteiger partial charge is 0.461 e. The molecule has 178 valence electrons. The number of pyridine rings is 1. The fourth-order valence-corrected chi connectivity index (χ4v) is 3.81. The Kier molecular flexibility index (Phi) is 6.48. The number of nitrogens with zero attached hydrogens (tertiary/aromatic N) is 4. The lowest BCUT2D eigenvalue weighted by atomic mass is 10.1. The van der Waals surface area contributed by atoms with Gasteiger partial charge in [0.15, 0.2) is 18.1 Å². The maximum Gasteiger partial charge on any atom is 0.372 e. The number of benzene rings is 2. The summed E-state index contributed by atoms with van der Waals surface area (Å²) in [6.45, 7) is 2.17. The van der Waals surface area contributed by atoms with E-state index >= 15 is 0 Å². The van der Waals surface area contributed by atoms with E-state index in [1.54, 1.807) is 28.4 Å². The number of aromatic nitrogens is 3. The number of hydrogen-bond acceptors (Lipinski definition) is 6. The lowest BCUT2D eigenvalue weighted by molar-refractivity contribution is -0.685. The molecule has 8 heteroatoms. The van der Waals surface area contributed by atoms with Gasteiger partial charge in [-0.25, -0.2) is 19.3 Å². The van der Waals surface area contributed by atoms with Crippen molar-refractivity contribution in [1.29, 1.82) is 0 Å². The molecule has 5 rings (SSSR count). The molecule has 4 aromatic rings. The summed E-state index contributed by atoms with van der Waals surface area (Å²) in [5, 5.41) is 4.79. The molecule has 0 N–H and O–H groups in total. The molecule has 2 aromatic heterocycles. The van der Waals surface area contributed by atoms with Crippen molar-refractivity contribution in [2.45, 2.75) is 13.5 Å². The minimum absolute atomic E-state index is 0.0779. The first-order valence-electron chi connectivity index (χ1n) is 11.5. The topological polar surface area (TPSA) is 86.7 Å². The van der Waals surface area contributed by atoms with Crippen LogP contribution in [0.1, 0.15) is 18.1 Å². The molecule has 0 atom stereocenters. The normalized spacial score (nSPS) is 14.0. The van der Waals surface area contributed by atoms with Crippen LogP contribution in [0.15, 0.2) is 102 Å². The Balaban J connectivity index is 1.57. The summed E-state index contributed by atoms with van der Waals surface area (Å²) in [7, 11) is 0. The highest BCUT2D eigenvalue weighted by atomic mass is 16.6. The molecule has 3 heterocycles. The van der Waals surface area contributed by atoms with Crippen molar-refractivity contribution in [3.8, 4) is 16.9 Å². The predicted molar refractivity (Wildman–Crippen MR) is 133 cm³/mol. The van der Waals surface area contributed by atoms with Crippen LogP contribution >= 0.6 is 0 Å². The zero-order valence-corrected chi connectivity index (χ0v) is 19.6. The van der Waals surface area contributed by atoms with Crippen LogP contribution in [0.2, 0.25) is 0 Å². The van der Waals surface area contributed by atoms with E-state index in [9.17, 15) is 9.59 Å². The number of esters is 2. The van der Waals surface area contributed by atoms with Crippen molar-refractivity contribution >= 4 is 23.9 Å². The van der Waals surface area contributed by atoms with Gasteiger partial charge < -0.3 is 9.47 Å². The number of aliphatic imine (C=N–C) groups is 1. The summed E-state index contributed by atoms with van der Waals surface area (Å²) >= 11 is 0. The molecule has 0 bridgehead atoms. The van der Waals surface area contributed by atoms with E-state index in [0.29, 0.717) is 17.9 Å². The first-order chi connectivity index (χ1) is 17.6. The Bertz CT molecular complexity index is 1470. The maximum absolute atomic E-state index is 12.6. The average molecular weight is 480 g/mol. The summed E-state index contributed by atoms with van der Waals surface area (Å²) in [6, 6.07) is 22.7. The molecule has 0 amide bonds. The van der Waals surface area contributed by atoms with E-state index in [0.717, 1.165) is 16.8 Å². The summed E-state index contributed by atoms with van der Waals surface area (Å²) < 4.78 is 14.0. The molecule has 0 saturated heterocycles. The number of carbonyl (C=O) groups excluding carboxylic acids is 2. The van der Waals surface area contributed by atoms with Gasteiger partial charge in [0.25, 0.3) is 0 Å². The Labute approximate surface area is 207 Å². The highest BCUT2D eigenvalue weighted by molar-refractivity contribution is 6.13. The van der Waals surface area contributed by atoms with E-state index in [1.165, 1.54) is 0 Å². The molecule has 36 heavy (non-hydrogen) atoms. The van der Waals surface area contributed by atoms with Crippen molar-refractivity contribution in [3.63, 3.8) is 0 Å². The van der Waals surface area contributed by atoms with Crippen LogP contribution in [0.4, 0.5) is 0 Å². The summed E-state index contributed by atoms with van der Waals surface area (Å²) in [6.07, 6.45) is 7.12. The second kappa shape index (κ2) is 10.2. The molecule has 2 aromatic carbocycles. The van der Waals surface area contributed by atoms with Crippen LogP contribution in [0.5, 0.6) is 0 Å². The Morgan fingerprint density at radius 1 is 1.03 bits per heavy atom. The summed E-state index contributed by atoms with van der Waals surface area (Å²) in [5.74, 6) is -0.596. The fourth-order valence-electron chi connectivity index (χ4n) is 3.81. The van der Waals surface area contributed by atoms with Gasteiger partial charge in [0.05, 0.1) is 17.9 Å². The molecule has 8 nitrogen and oxygen atoms in total. The van der Waals surface area contributed by atoms with Crippen LogP contribution in [0, 0.1) is 0 Å². The zero-order chi connectivity index (χ0) is 24.9. The standard InChI is InChI=1S/C28H23N4O4/c1-2-35-25(33)19-31-15-9-12-21(17-31)26-22(18-32(30-26)23-13-7-4-8-14-23)16-24-28(34)36-27(29-24)20-10-5-3-6-11-20/h3-18H,2,19H2,1H3/q+1/b24-16-. The van der Waals surface area contributed by atoms with E-state index < -0.39 is 5.97 Å². The van der Waals surface area contributed by atoms with Crippen molar-refractivity contribution < 1.29 is 23.6 Å². The van der Waals surface area contributed by atoms with Gasteiger partial charge in [-0.05, 0) is 43.3 Å². The molecule has 0 radical (unpaired) electrons. The summed E-state index contributed by atoms with van der Waals surface area (Å²) in [4.78, 5) is 29.1. The van der Waals surface area contributed by atoms with Gasteiger partial charge in [0, 0.05) is 23.4 Å². The number of cyclic esters (lactones) is 1. The number of ether oxygens (including phenoxy) is 2. The monoisotopic (exact) mass is 479 g/mol. The zero-order valence-electron chi connectivity index (χ0n) is 19.6. The number of carbonyl (C=O) groups is 2. The van der Waals surface area contributed by atoms with Gasteiger partial charge in [-0.1, -0.05) is 36.4 Å². The molecule has 0 saturated carbocycles. The Morgan fingerprint density at radius 3 is 2.50 bits per heavy atom. The van der Waals surface area contributed by atoms with Gasteiger partial charge >= 0.3 is 11.9 Å². The average Bonchev–Trinajstić information content (AvgIpc) is 3.49. The van der Waals surface area contributed by atoms with Crippen molar-refractivity contribution in [2.24, 2.45) is 4.99 Å². The van der Waals surface area contributed by atoms with Crippen LogP contribution in [-0.2, 0) is 25.6 Å². The van der Waals surface area contributed by atoms with Crippen molar-refractivity contribution in [1.82, 2.24) is 9.78 Å². The van der Waals surface area contributed by atoms with Gasteiger partial charge in [0.2, 0.25) is 12.4 Å². The lowest BCUT2D eigenvalue weighted by Crippen LogP contribution is -2.38. The minimum atomic E-state index is -0.530. The number of rotatable bonds is 7. The highest BCUT2D eigenvalue weighted by Crippen LogP contribution is 2.27.